The number of H-pyrrole nitrogens is 1. The van der Waals surface area contributed by atoms with E-state index < -0.39 is 0 Å². The molecule has 0 atom stereocenters. The Morgan fingerprint density at radius 1 is 1.07 bits per heavy atom. The van der Waals surface area contributed by atoms with Crippen molar-refractivity contribution >= 4 is 28.2 Å². The zero-order valence-electron chi connectivity index (χ0n) is 16.7. The van der Waals surface area contributed by atoms with E-state index in [9.17, 15) is 14.0 Å². The number of hydrogen-bond acceptors (Lipinski definition) is 4. The van der Waals surface area contributed by atoms with Gasteiger partial charge in [0.2, 0.25) is 0 Å². The van der Waals surface area contributed by atoms with Crippen molar-refractivity contribution in [3.63, 3.8) is 0 Å². The van der Waals surface area contributed by atoms with Crippen LogP contribution in [0.2, 0.25) is 0 Å². The number of aromatic nitrogens is 1. The fraction of sp³-hybridized carbons (Fsp3) is 0.304. The standard InChI is InChI=1S/C23H24FN3O2/c1-15-23(18-5-3-4-6-20(18)25-15)22(29)14-26-9-11-27(12-10-26)21-8-7-17(16(2)28)13-19(21)24/h3-8,13,25H,9-12,14H2,1-2H3. The van der Waals surface area contributed by atoms with Crippen LogP contribution in [0.4, 0.5) is 10.1 Å². The van der Waals surface area contributed by atoms with Crippen LogP contribution in [0.1, 0.15) is 33.3 Å². The van der Waals surface area contributed by atoms with Gasteiger partial charge in [-0.05, 0) is 38.1 Å². The molecule has 0 aliphatic carbocycles. The summed E-state index contributed by atoms with van der Waals surface area (Å²) in [5.41, 5.74) is 3.51. The zero-order chi connectivity index (χ0) is 20.5. The predicted octanol–water partition coefficient (Wildman–Crippen LogP) is 3.82. The van der Waals surface area contributed by atoms with Crippen molar-refractivity contribution < 1.29 is 14.0 Å². The molecular formula is C23H24FN3O2. The maximum atomic E-state index is 14.4. The number of nitrogens with one attached hydrogen (secondary N) is 1. The average Bonchev–Trinajstić information content (AvgIpc) is 3.04. The fourth-order valence-electron chi connectivity index (χ4n) is 4.05. The van der Waals surface area contributed by atoms with Gasteiger partial charge in [0.15, 0.2) is 11.6 Å². The number of carbonyl (C=O) groups is 2. The van der Waals surface area contributed by atoms with E-state index in [1.807, 2.05) is 36.1 Å². The van der Waals surface area contributed by atoms with Gasteiger partial charge in [-0.3, -0.25) is 14.5 Å². The van der Waals surface area contributed by atoms with Crippen molar-refractivity contribution in [3.8, 4) is 0 Å². The lowest BCUT2D eigenvalue weighted by Crippen LogP contribution is -2.48. The Morgan fingerprint density at radius 3 is 2.48 bits per heavy atom. The molecule has 5 nitrogen and oxygen atoms in total. The van der Waals surface area contributed by atoms with E-state index in [4.69, 9.17) is 0 Å². The van der Waals surface area contributed by atoms with Crippen LogP contribution in [-0.2, 0) is 0 Å². The van der Waals surface area contributed by atoms with Gasteiger partial charge in [0, 0.05) is 53.9 Å². The number of carbonyl (C=O) groups excluding carboxylic acids is 2. The molecule has 0 radical (unpaired) electrons. The number of piperazine rings is 1. The first-order valence-corrected chi connectivity index (χ1v) is 9.82. The van der Waals surface area contributed by atoms with Gasteiger partial charge in [0.05, 0.1) is 12.2 Å². The predicted molar refractivity (Wildman–Crippen MR) is 112 cm³/mol. The summed E-state index contributed by atoms with van der Waals surface area (Å²) in [5, 5.41) is 0.960. The van der Waals surface area contributed by atoms with Crippen molar-refractivity contribution in [2.24, 2.45) is 0 Å². The minimum Gasteiger partial charge on any atom is -0.367 e. The highest BCUT2D eigenvalue weighted by Gasteiger charge is 2.23. The quantitative estimate of drug-likeness (QED) is 0.670. The first-order valence-electron chi connectivity index (χ1n) is 9.82. The molecule has 1 aromatic heterocycles. The summed E-state index contributed by atoms with van der Waals surface area (Å²) in [7, 11) is 0. The van der Waals surface area contributed by atoms with E-state index >= 15 is 0 Å². The van der Waals surface area contributed by atoms with Crippen LogP contribution >= 0.6 is 0 Å². The summed E-state index contributed by atoms with van der Waals surface area (Å²) in [6.07, 6.45) is 0. The highest BCUT2D eigenvalue weighted by atomic mass is 19.1. The second kappa shape index (κ2) is 7.79. The van der Waals surface area contributed by atoms with Crippen LogP contribution < -0.4 is 4.90 Å². The van der Waals surface area contributed by atoms with E-state index in [0.717, 1.165) is 22.2 Å². The number of benzene rings is 2. The van der Waals surface area contributed by atoms with Gasteiger partial charge in [0.25, 0.3) is 0 Å². The summed E-state index contributed by atoms with van der Waals surface area (Å²) < 4.78 is 14.4. The molecule has 2 aromatic carbocycles. The van der Waals surface area contributed by atoms with Crippen LogP contribution in [-0.4, -0.2) is 54.2 Å². The van der Waals surface area contributed by atoms with Gasteiger partial charge in [-0.1, -0.05) is 18.2 Å². The average molecular weight is 393 g/mol. The van der Waals surface area contributed by atoms with Crippen molar-refractivity contribution in [2.75, 3.05) is 37.6 Å². The Bertz CT molecular complexity index is 1080. The van der Waals surface area contributed by atoms with E-state index in [2.05, 4.69) is 9.88 Å². The molecule has 6 heteroatoms. The normalized spacial score (nSPS) is 15.1. The molecule has 4 rings (SSSR count). The molecule has 0 amide bonds. The number of halogens is 1. The van der Waals surface area contributed by atoms with Crippen LogP contribution in [0.5, 0.6) is 0 Å². The maximum absolute atomic E-state index is 14.4. The van der Waals surface area contributed by atoms with Crippen molar-refractivity contribution in [3.05, 3.63) is 65.1 Å². The molecule has 1 aliphatic rings. The molecule has 1 saturated heterocycles. The maximum Gasteiger partial charge on any atom is 0.179 e. The lowest BCUT2D eigenvalue weighted by atomic mass is 10.1. The number of anilines is 1. The molecule has 0 spiro atoms. The second-order valence-electron chi connectivity index (χ2n) is 7.58. The minimum absolute atomic E-state index is 0.102. The first kappa shape index (κ1) is 19.3. The summed E-state index contributed by atoms with van der Waals surface area (Å²) >= 11 is 0. The smallest absolute Gasteiger partial charge is 0.179 e. The molecule has 29 heavy (non-hydrogen) atoms. The lowest BCUT2D eigenvalue weighted by molar-refractivity contribution is 0.0926. The molecule has 1 fully saturated rings. The third-order valence-electron chi connectivity index (χ3n) is 5.61. The molecular weight excluding hydrogens is 369 g/mol. The summed E-state index contributed by atoms with van der Waals surface area (Å²) in [5.74, 6) is -0.423. The Hall–Kier alpha value is -2.99. The number of nitrogens with zero attached hydrogens (tertiary/aromatic N) is 2. The van der Waals surface area contributed by atoms with E-state index in [1.165, 1.54) is 13.0 Å². The largest absolute Gasteiger partial charge is 0.367 e. The number of hydrogen-bond donors (Lipinski definition) is 1. The van der Waals surface area contributed by atoms with Crippen LogP contribution in [0.15, 0.2) is 42.5 Å². The van der Waals surface area contributed by atoms with Crippen LogP contribution in [0, 0.1) is 12.7 Å². The monoisotopic (exact) mass is 393 g/mol. The molecule has 2 heterocycles. The Kier molecular flexibility index (Phi) is 5.20. The number of para-hydroxylation sites is 1. The highest BCUT2D eigenvalue weighted by molar-refractivity contribution is 6.10. The molecule has 150 valence electrons. The second-order valence-corrected chi connectivity index (χ2v) is 7.58. The highest BCUT2D eigenvalue weighted by Crippen LogP contribution is 2.24. The molecule has 0 bridgehead atoms. The van der Waals surface area contributed by atoms with Gasteiger partial charge in [-0.2, -0.15) is 0 Å². The summed E-state index contributed by atoms with van der Waals surface area (Å²) in [6, 6.07) is 12.5. The zero-order valence-corrected chi connectivity index (χ0v) is 16.7. The van der Waals surface area contributed by atoms with Crippen molar-refractivity contribution in [1.82, 2.24) is 9.88 Å². The Morgan fingerprint density at radius 2 is 1.79 bits per heavy atom. The molecule has 0 saturated carbocycles. The lowest BCUT2D eigenvalue weighted by Gasteiger charge is -2.36. The van der Waals surface area contributed by atoms with Crippen LogP contribution in [0.25, 0.3) is 10.9 Å². The van der Waals surface area contributed by atoms with Crippen LogP contribution in [0.3, 0.4) is 0 Å². The van der Waals surface area contributed by atoms with Gasteiger partial charge in [0.1, 0.15) is 5.82 Å². The number of fused-ring (bicyclic) bond motifs is 1. The van der Waals surface area contributed by atoms with E-state index in [1.54, 1.807) is 12.1 Å². The first-order chi connectivity index (χ1) is 13.9. The van der Waals surface area contributed by atoms with Gasteiger partial charge in [-0.15, -0.1) is 0 Å². The van der Waals surface area contributed by atoms with Gasteiger partial charge >= 0.3 is 0 Å². The number of Topliss-reactive ketones (excluding diaryl/α,β-unsaturated/α-hetero) is 2. The topological polar surface area (TPSA) is 56.4 Å². The number of ketones is 2. The fourth-order valence-corrected chi connectivity index (χ4v) is 4.05. The van der Waals surface area contributed by atoms with Crippen molar-refractivity contribution in [1.29, 1.82) is 0 Å². The summed E-state index contributed by atoms with van der Waals surface area (Å²) in [4.78, 5) is 31.7. The molecule has 0 unspecified atom stereocenters. The van der Waals surface area contributed by atoms with E-state index in [0.29, 0.717) is 44.0 Å². The van der Waals surface area contributed by atoms with E-state index in [-0.39, 0.29) is 17.4 Å². The van der Waals surface area contributed by atoms with Gasteiger partial charge in [-0.25, -0.2) is 4.39 Å². The Labute approximate surface area is 169 Å². The van der Waals surface area contributed by atoms with Gasteiger partial charge < -0.3 is 9.88 Å². The minimum atomic E-state index is -0.378. The summed E-state index contributed by atoms with van der Waals surface area (Å²) in [6.45, 7) is 6.34. The third kappa shape index (κ3) is 3.80. The third-order valence-corrected chi connectivity index (χ3v) is 5.61. The number of aryl methyl sites for hydroxylation is 1. The molecule has 1 N–H and O–H groups in total. The van der Waals surface area contributed by atoms with Crippen molar-refractivity contribution in [2.45, 2.75) is 13.8 Å². The molecule has 1 aliphatic heterocycles. The Balaban J connectivity index is 1.42. The molecule has 3 aromatic rings. The number of aromatic amines is 1. The SMILES string of the molecule is CC(=O)c1ccc(N2CCN(CC(=O)c3c(C)[nH]c4ccccc34)CC2)c(F)c1. The number of rotatable bonds is 5.